The van der Waals surface area contributed by atoms with Crippen LogP contribution < -0.4 is 9.47 Å². The lowest BCUT2D eigenvalue weighted by atomic mass is 9.98. The standard InChI is InChI=1S/C25H26N2O3/c1-16-19-6-3-4-7-21(19)26-17(2)20(16)15-25(28)27-11-5-8-22(27)18-9-10-23-24(14-18)30-13-12-29-23/h3-4,6-7,9-10,14,22H,5,8,11-13,15H2,1-2H3/t22-/m1/s1. The summed E-state index contributed by atoms with van der Waals surface area (Å²) in [6.07, 6.45) is 2.37. The highest BCUT2D eigenvalue weighted by Crippen LogP contribution is 2.38. The van der Waals surface area contributed by atoms with Crippen molar-refractivity contribution in [3.05, 3.63) is 64.8 Å². The zero-order valence-electron chi connectivity index (χ0n) is 17.5. The second-order valence-corrected chi connectivity index (χ2v) is 8.14. The smallest absolute Gasteiger partial charge is 0.227 e. The fourth-order valence-corrected chi connectivity index (χ4v) is 4.76. The van der Waals surface area contributed by atoms with Crippen molar-refractivity contribution in [3.8, 4) is 11.5 Å². The van der Waals surface area contributed by atoms with Crippen molar-refractivity contribution >= 4 is 16.8 Å². The molecule has 5 heteroatoms. The summed E-state index contributed by atoms with van der Waals surface area (Å²) in [5.41, 5.74) is 5.25. The highest BCUT2D eigenvalue weighted by Gasteiger charge is 2.31. The van der Waals surface area contributed by atoms with Gasteiger partial charge in [0.05, 0.1) is 18.0 Å². The number of amides is 1. The van der Waals surface area contributed by atoms with E-state index in [-0.39, 0.29) is 11.9 Å². The molecule has 0 saturated carbocycles. The highest BCUT2D eigenvalue weighted by atomic mass is 16.6. The first-order chi connectivity index (χ1) is 14.6. The van der Waals surface area contributed by atoms with Gasteiger partial charge in [0.15, 0.2) is 11.5 Å². The lowest BCUT2D eigenvalue weighted by molar-refractivity contribution is -0.131. The summed E-state index contributed by atoms with van der Waals surface area (Å²) in [4.78, 5) is 20.1. The van der Waals surface area contributed by atoms with Gasteiger partial charge in [0, 0.05) is 17.6 Å². The molecule has 1 saturated heterocycles. The van der Waals surface area contributed by atoms with Crippen LogP contribution in [-0.4, -0.2) is 35.5 Å². The number of aromatic nitrogens is 1. The second kappa shape index (κ2) is 7.63. The molecule has 1 atom stereocenters. The molecule has 0 radical (unpaired) electrons. The summed E-state index contributed by atoms with van der Waals surface area (Å²) in [7, 11) is 0. The predicted octanol–water partition coefficient (Wildman–Crippen LogP) is 4.53. The van der Waals surface area contributed by atoms with Gasteiger partial charge < -0.3 is 14.4 Å². The molecule has 3 heterocycles. The van der Waals surface area contributed by atoms with Crippen LogP contribution in [0, 0.1) is 13.8 Å². The molecule has 1 fully saturated rings. The number of carbonyl (C=O) groups excluding carboxylic acids is 1. The van der Waals surface area contributed by atoms with Gasteiger partial charge in [-0.25, -0.2) is 0 Å². The Hall–Kier alpha value is -3.08. The van der Waals surface area contributed by atoms with Crippen molar-refractivity contribution in [3.63, 3.8) is 0 Å². The highest BCUT2D eigenvalue weighted by molar-refractivity contribution is 5.86. The maximum Gasteiger partial charge on any atom is 0.227 e. The molecule has 30 heavy (non-hydrogen) atoms. The molecule has 5 nitrogen and oxygen atoms in total. The molecular formula is C25H26N2O3. The first-order valence-electron chi connectivity index (χ1n) is 10.7. The third-order valence-corrected chi connectivity index (χ3v) is 6.34. The molecular weight excluding hydrogens is 376 g/mol. The third kappa shape index (κ3) is 3.28. The van der Waals surface area contributed by atoms with Gasteiger partial charge in [-0.3, -0.25) is 9.78 Å². The van der Waals surface area contributed by atoms with E-state index in [0.29, 0.717) is 19.6 Å². The maximum absolute atomic E-state index is 13.4. The number of rotatable bonds is 3. The monoisotopic (exact) mass is 402 g/mol. The van der Waals surface area contributed by atoms with Crippen molar-refractivity contribution in [2.24, 2.45) is 0 Å². The maximum atomic E-state index is 13.4. The van der Waals surface area contributed by atoms with Crippen LogP contribution in [0.1, 0.15) is 41.3 Å². The molecule has 0 spiro atoms. The summed E-state index contributed by atoms with van der Waals surface area (Å²) in [5.74, 6) is 1.73. The Morgan fingerprint density at radius 2 is 1.90 bits per heavy atom. The minimum atomic E-state index is 0.0855. The van der Waals surface area contributed by atoms with Gasteiger partial charge in [-0.05, 0) is 61.6 Å². The lowest BCUT2D eigenvalue weighted by Crippen LogP contribution is -2.32. The molecule has 0 N–H and O–H groups in total. The van der Waals surface area contributed by atoms with E-state index in [1.54, 1.807) is 0 Å². The number of ether oxygens (including phenoxy) is 2. The number of pyridine rings is 1. The van der Waals surface area contributed by atoms with Gasteiger partial charge >= 0.3 is 0 Å². The Balaban J connectivity index is 1.42. The number of hydrogen-bond donors (Lipinski definition) is 0. The summed E-state index contributed by atoms with van der Waals surface area (Å²) >= 11 is 0. The van der Waals surface area contributed by atoms with E-state index >= 15 is 0 Å². The summed E-state index contributed by atoms with van der Waals surface area (Å²) in [5, 5.41) is 1.12. The van der Waals surface area contributed by atoms with Gasteiger partial charge in [0.25, 0.3) is 0 Å². The van der Waals surface area contributed by atoms with Crippen LogP contribution in [-0.2, 0) is 11.2 Å². The van der Waals surface area contributed by atoms with E-state index < -0.39 is 0 Å². The number of aryl methyl sites for hydroxylation is 2. The minimum Gasteiger partial charge on any atom is -0.486 e. The average Bonchev–Trinajstić information content (AvgIpc) is 3.26. The van der Waals surface area contributed by atoms with E-state index in [9.17, 15) is 4.79 Å². The van der Waals surface area contributed by atoms with E-state index in [1.165, 1.54) is 0 Å². The number of hydrogen-bond acceptors (Lipinski definition) is 4. The van der Waals surface area contributed by atoms with Crippen LogP contribution in [0.4, 0.5) is 0 Å². The number of fused-ring (bicyclic) bond motifs is 2. The van der Waals surface area contributed by atoms with Crippen molar-refractivity contribution in [2.45, 2.75) is 39.2 Å². The van der Waals surface area contributed by atoms with Crippen LogP contribution in [0.25, 0.3) is 10.9 Å². The van der Waals surface area contributed by atoms with Crippen LogP contribution in [0.15, 0.2) is 42.5 Å². The van der Waals surface area contributed by atoms with Crippen LogP contribution in [0.3, 0.4) is 0 Å². The Bertz CT molecular complexity index is 1120. The van der Waals surface area contributed by atoms with Crippen LogP contribution in [0.5, 0.6) is 11.5 Å². The fraction of sp³-hybridized carbons (Fsp3) is 0.360. The van der Waals surface area contributed by atoms with E-state index in [4.69, 9.17) is 14.5 Å². The van der Waals surface area contributed by atoms with Gasteiger partial charge in [0.2, 0.25) is 5.91 Å². The van der Waals surface area contributed by atoms with Gasteiger partial charge in [0.1, 0.15) is 13.2 Å². The van der Waals surface area contributed by atoms with E-state index in [2.05, 4.69) is 19.1 Å². The van der Waals surface area contributed by atoms with Crippen molar-refractivity contribution in [1.29, 1.82) is 0 Å². The summed E-state index contributed by atoms with van der Waals surface area (Å²) in [6.45, 7) is 6.04. The molecule has 2 aliphatic rings. The van der Waals surface area contributed by atoms with Crippen LogP contribution in [0.2, 0.25) is 0 Å². The molecule has 3 aromatic rings. The second-order valence-electron chi connectivity index (χ2n) is 8.14. The van der Waals surface area contributed by atoms with E-state index in [0.717, 1.165) is 64.2 Å². The molecule has 0 unspecified atom stereocenters. The predicted molar refractivity (Wildman–Crippen MR) is 116 cm³/mol. The third-order valence-electron chi connectivity index (χ3n) is 6.34. The molecule has 0 bridgehead atoms. The number of carbonyl (C=O) groups is 1. The molecule has 1 amide bonds. The summed E-state index contributed by atoms with van der Waals surface area (Å²) in [6, 6.07) is 14.3. The Morgan fingerprint density at radius 1 is 1.10 bits per heavy atom. The fourth-order valence-electron chi connectivity index (χ4n) is 4.76. The SMILES string of the molecule is Cc1nc2ccccc2c(C)c1CC(=O)N1CCC[C@@H]1c1ccc2c(c1)OCCO2. The number of nitrogens with zero attached hydrogens (tertiary/aromatic N) is 2. The van der Waals surface area contributed by atoms with Crippen molar-refractivity contribution in [2.75, 3.05) is 19.8 Å². The van der Waals surface area contributed by atoms with Gasteiger partial charge in [-0.2, -0.15) is 0 Å². The number of para-hydroxylation sites is 1. The molecule has 0 aliphatic carbocycles. The molecule has 2 aliphatic heterocycles. The average molecular weight is 402 g/mol. The van der Waals surface area contributed by atoms with Gasteiger partial charge in [-0.1, -0.05) is 24.3 Å². The lowest BCUT2D eigenvalue weighted by Gasteiger charge is -2.27. The molecule has 1 aromatic heterocycles. The molecule has 154 valence electrons. The molecule has 5 rings (SSSR count). The van der Waals surface area contributed by atoms with E-state index in [1.807, 2.05) is 42.2 Å². The quantitative estimate of drug-likeness (QED) is 0.646. The normalized spacial score (nSPS) is 18.1. The Morgan fingerprint density at radius 3 is 2.77 bits per heavy atom. The first kappa shape index (κ1) is 18.9. The Kier molecular flexibility index (Phi) is 4.81. The van der Waals surface area contributed by atoms with Gasteiger partial charge in [-0.15, -0.1) is 0 Å². The van der Waals surface area contributed by atoms with Crippen molar-refractivity contribution < 1.29 is 14.3 Å². The van der Waals surface area contributed by atoms with Crippen LogP contribution >= 0.6 is 0 Å². The number of likely N-dealkylation sites (tertiary alicyclic amines) is 1. The first-order valence-corrected chi connectivity index (χ1v) is 10.7. The zero-order chi connectivity index (χ0) is 20.7. The zero-order valence-corrected chi connectivity index (χ0v) is 17.5. The Labute approximate surface area is 176 Å². The minimum absolute atomic E-state index is 0.0855. The number of benzene rings is 2. The molecule has 2 aromatic carbocycles. The summed E-state index contributed by atoms with van der Waals surface area (Å²) < 4.78 is 11.4. The largest absolute Gasteiger partial charge is 0.486 e. The topological polar surface area (TPSA) is 51.7 Å². The van der Waals surface area contributed by atoms with Crippen molar-refractivity contribution in [1.82, 2.24) is 9.88 Å².